The van der Waals surface area contributed by atoms with Crippen LogP contribution in [0.5, 0.6) is 5.75 Å². The molecular formula is C19H18FN3O2S. The van der Waals surface area contributed by atoms with Gasteiger partial charge in [-0.1, -0.05) is 11.3 Å². The van der Waals surface area contributed by atoms with Crippen LogP contribution in [-0.4, -0.2) is 31.1 Å². The molecule has 0 radical (unpaired) electrons. The lowest BCUT2D eigenvalue weighted by Gasteiger charge is -2.18. The van der Waals surface area contributed by atoms with Crippen LogP contribution in [0.2, 0.25) is 0 Å². The monoisotopic (exact) mass is 371 g/mol. The van der Waals surface area contributed by atoms with Crippen molar-refractivity contribution in [2.24, 2.45) is 0 Å². The number of carbonyl (C=O) groups is 1. The number of methoxy groups -OCH3 is 1. The highest BCUT2D eigenvalue weighted by Gasteiger charge is 2.20. The van der Waals surface area contributed by atoms with Crippen molar-refractivity contribution in [3.05, 3.63) is 47.8 Å². The predicted molar refractivity (Wildman–Crippen MR) is 102 cm³/mol. The second-order valence-electron chi connectivity index (χ2n) is 6.14. The number of carbonyl (C=O) groups excluding carboxylic acids is 1. The summed E-state index contributed by atoms with van der Waals surface area (Å²) in [6, 6.07) is 9.41. The lowest BCUT2D eigenvalue weighted by Crippen LogP contribution is -2.17. The van der Waals surface area contributed by atoms with Gasteiger partial charge < -0.3 is 9.64 Å². The van der Waals surface area contributed by atoms with Gasteiger partial charge in [0.05, 0.1) is 17.5 Å². The van der Waals surface area contributed by atoms with Crippen LogP contribution in [0.4, 0.5) is 15.2 Å². The van der Waals surface area contributed by atoms with Crippen molar-refractivity contribution >= 4 is 38.3 Å². The zero-order valence-corrected chi connectivity index (χ0v) is 15.1. The Morgan fingerprint density at radius 2 is 1.92 bits per heavy atom. The molecule has 3 aromatic rings. The number of aromatic nitrogens is 1. The van der Waals surface area contributed by atoms with Crippen molar-refractivity contribution in [3.8, 4) is 5.75 Å². The van der Waals surface area contributed by atoms with E-state index in [0.717, 1.165) is 29.0 Å². The zero-order chi connectivity index (χ0) is 18.1. The van der Waals surface area contributed by atoms with Gasteiger partial charge in [-0.3, -0.25) is 10.1 Å². The maximum atomic E-state index is 13.0. The molecule has 1 saturated heterocycles. The van der Waals surface area contributed by atoms with E-state index in [9.17, 15) is 9.18 Å². The van der Waals surface area contributed by atoms with Crippen molar-refractivity contribution in [3.63, 3.8) is 0 Å². The summed E-state index contributed by atoms with van der Waals surface area (Å²) in [7, 11) is 1.61. The number of hydrogen-bond donors (Lipinski definition) is 1. The third kappa shape index (κ3) is 3.10. The molecule has 134 valence electrons. The fraction of sp³-hybridized carbons (Fsp3) is 0.263. The van der Waals surface area contributed by atoms with E-state index in [2.05, 4.69) is 21.3 Å². The predicted octanol–water partition coefficient (Wildman–Crippen LogP) is 4.30. The summed E-state index contributed by atoms with van der Waals surface area (Å²) >= 11 is 1.43. The fourth-order valence-corrected chi connectivity index (χ4v) is 4.18. The Morgan fingerprint density at radius 3 is 2.62 bits per heavy atom. The Hall–Kier alpha value is -2.67. The maximum Gasteiger partial charge on any atom is 0.257 e. The summed E-state index contributed by atoms with van der Waals surface area (Å²) in [5, 5.41) is 3.31. The quantitative estimate of drug-likeness (QED) is 0.743. The molecule has 1 fully saturated rings. The van der Waals surface area contributed by atoms with E-state index in [0.29, 0.717) is 16.4 Å². The molecule has 1 aliphatic heterocycles. The largest absolute Gasteiger partial charge is 0.494 e. The van der Waals surface area contributed by atoms with Crippen LogP contribution in [-0.2, 0) is 0 Å². The van der Waals surface area contributed by atoms with Crippen molar-refractivity contribution in [1.29, 1.82) is 0 Å². The number of fused-ring (bicyclic) bond motifs is 1. The SMILES string of the molecule is COc1ccc(N2CCCC2)c2sc(NC(=O)c3ccc(F)cc3)nc12. The zero-order valence-electron chi connectivity index (χ0n) is 14.3. The molecule has 2 heterocycles. The molecule has 7 heteroatoms. The number of benzene rings is 2. The number of thiazole rings is 1. The number of nitrogens with one attached hydrogen (secondary N) is 1. The molecule has 1 aromatic heterocycles. The average Bonchev–Trinajstić information content (AvgIpc) is 3.31. The minimum Gasteiger partial charge on any atom is -0.494 e. The Morgan fingerprint density at radius 1 is 1.19 bits per heavy atom. The van der Waals surface area contributed by atoms with Crippen molar-refractivity contribution in [2.75, 3.05) is 30.4 Å². The molecule has 5 nitrogen and oxygen atoms in total. The second kappa shape index (κ2) is 6.92. The summed E-state index contributed by atoms with van der Waals surface area (Å²) in [5.41, 5.74) is 2.26. The van der Waals surface area contributed by atoms with Crippen LogP contribution in [0.3, 0.4) is 0 Å². The number of ether oxygens (including phenoxy) is 1. The number of nitrogens with zero attached hydrogens (tertiary/aromatic N) is 2. The van der Waals surface area contributed by atoms with E-state index < -0.39 is 0 Å². The lowest BCUT2D eigenvalue weighted by molar-refractivity contribution is 0.102. The first kappa shape index (κ1) is 16.8. The molecule has 1 aliphatic rings. The molecule has 0 bridgehead atoms. The first-order valence-electron chi connectivity index (χ1n) is 8.45. The maximum absolute atomic E-state index is 13.0. The molecule has 0 spiro atoms. The van der Waals surface area contributed by atoms with Gasteiger partial charge in [0.2, 0.25) is 0 Å². The third-order valence-electron chi connectivity index (χ3n) is 4.48. The van der Waals surface area contributed by atoms with E-state index in [1.807, 2.05) is 6.07 Å². The Labute approximate surface area is 154 Å². The van der Waals surface area contributed by atoms with E-state index in [-0.39, 0.29) is 11.7 Å². The number of rotatable bonds is 4. The number of amides is 1. The topological polar surface area (TPSA) is 54.5 Å². The molecule has 26 heavy (non-hydrogen) atoms. The Bertz CT molecular complexity index is 949. The van der Waals surface area contributed by atoms with E-state index in [1.54, 1.807) is 7.11 Å². The van der Waals surface area contributed by atoms with Gasteiger partial charge in [0.15, 0.2) is 5.13 Å². The first-order chi connectivity index (χ1) is 12.7. The molecular weight excluding hydrogens is 353 g/mol. The number of anilines is 2. The van der Waals surface area contributed by atoms with Crippen molar-refractivity contribution in [2.45, 2.75) is 12.8 Å². The minimum absolute atomic E-state index is 0.314. The highest BCUT2D eigenvalue weighted by Crippen LogP contribution is 2.40. The van der Waals surface area contributed by atoms with Gasteiger partial charge in [-0.15, -0.1) is 0 Å². The van der Waals surface area contributed by atoms with E-state index in [4.69, 9.17) is 4.74 Å². The van der Waals surface area contributed by atoms with Gasteiger partial charge in [0.1, 0.15) is 17.1 Å². The van der Waals surface area contributed by atoms with Gasteiger partial charge in [0, 0.05) is 18.7 Å². The third-order valence-corrected chi connectivity index (χ3v) is 5.47. The Balaban J connectivity index is 1.68. The second-order valence-corrected chi connectivity index (χ2v) is 7.14. The minimum atomic E-state index is -0.374. The van der Waals surface area contributed by atoms with Gasteiger partial charge in [-0.05, 0) is 49.2 Å². The van der Waals surface area contributed by atoms with E-state index in [1.165, 1.54) is 48.4 Å². The van der Waals surface area contributed by atoms with Gasteiger partial charge in [-0.25, -0.2) is 9.37 Å². The summed E-state index contributed by atoms with van der Waals surface area (Å²) in [6.07, 6.45) is 2.36. The van der Waals surface area contributed by atoms with E-state index >= 15 is 0 Å². The van der Waals surface area contributed by atoms with Crippen LogP contribution in [0.1, 0.15) is 23.2 Å². The van der Waals surface area contributed by atoms with Gasteiger partial charge in [0.25, 0.3) is 5.91 Å². The van der Waals surface area contributed by atoms with Crippen LogP contribution >= 0.6 is 11.3 Å². The molecule has 0 saturated carbocycles. The van der Waals surface area contributed by atoms with Gasteiger partial charge in [-0.2, -0.15) is 0 Å². The van der Waals surface area contributed by atoms with Crippen molar-refractivity contribution in [1.82, 2.24) is 4.98 Å². The van der Waals surface area contributed by atoms with Crippen LogP contribution < -0.4 is 15.0 Å². The van der Waals surface area contributed by atoms with Gasteiger partial charge >= 0.3 is 0 Å². The molecule has 4 rings (SSSR count). The van der Waals surface area contributed by atoms with Crippen molar-refractivity contribution < 1.29 is 13.9 Å². The molecule has 1 N–H and O–H groups in total. The Kier molecular flexibility index (Phi) is 4.46. The molecule has 1 amide bonds. The highest BCUT2D eigenvalue weighted by atomic mass is 32.1. The highest BCUT2D eigenvalue weighted by molar-refractivity contribution is 7.23. The smallest absolute Gasteiger partial charge is 0.257 e. The standard InChI is InChI=1S/C19H18FN3O2S/c1-25-15-9-8-14(23-10-2-3-11-23)17-16(15)21-19(26-17)22-18(24)12-4-6-13(20)7-5-12/h4-9H,2-3,10-11H2,1H3,(H,21,22,24). The van der Waals surface area contributed by atoms with Crippen LogP contribution in [0.25, 0.3) is 10.2 Å². The normalized spacial score (nSPS) is 14.0. The first-order valence-corrected chi connectivity index (χ1v) is 9.27. The summed E-state index contributed by atoms with van der Waals surface area (Å²) in [5.74, 6) is -0.00579. The summed E-state index contributed by atoms with van der Waals surface area (Å²) in [6.45, 7) is 2.05. The molecule has 0 aliphatic carbocycles. The van der Waals surface area contributed by atoms with Crippen LogP contribution in [0.15, 0.2) is 36.4 Å². The number of halogens is 1. The molecule has 2 aromatic carbocycles. The lowest BCUT2D eigenvalue weighted by atomic mass is 10.2. The summed E-state index contributed by atoms with van der Waals surface area (Å²) < 4.78 is 19.5. The van der Waals surface area contributed by atoms with Crippen LogP contribution in [0, 0.1) is 5.82 Å². The average molecular weight is 371 g/mol. The molecule has 0 unspecified atom stereocenters. The summed E-state index contributed by atoms with van der Waals surface area (Å²) in [4.78, 5) is 19.3. The number of hydrogen-bond acceptors (Lipinski definition) is 5. The fourth-order valence-electron chi connectivity index (χ4n) is 3.17. The molecule has 0 atom stereocenters.